The van der Waals surface area contributed by atoms with Crippen LogP contribution in [0.1, 0.15) is 31.2 Å². The van der Waals surface area contributed by atoms with Crippen molar-refractivity contribution >= 4 is 6.09 Å². The summed E-state index contributed by atoms with van der Waals surface area (Å²) in [6.45, 7) is 0.554. The van der Waals surface area contributed by atoms with Gasteiger partial charge in [-0.05, 0) is 37.0 Å². The number of hydrogen-bond donors (Lipinski definition) is 2. The summed E-state index contributed by atoms with van der Waals surface area (Å²) in [5, 5.41) is 11.5. The molecule has 0 unspecified atom stereocenters. The zero-order chi connectivity index (χ0) is 16.7. The van der Waals surface area contributed by atoms with Crippen molar-refractivity contribution < 1.29 is 24.1 Å². The molecule has 2 rings (SSSR count). The van der Waals surface area contributed by atoms with Gasteiger partial charge in [-0.1, -0.05) is 18.9 Å². The summed E-state index contributed by atoms with van der Waals surface area (Å²) in [5.41, 5.74) is 1.10. The molecule has 2 atom stereocenters. The maximum Gasteiger partial charge on any atom is 0.404 e. The molecule has 0 bridgehead atoms. The molecule has 0 aliphatic heterocycles. The van der Waals surface area contributed by atoms with E-state index in [9.17, 15) is 4.79 Å². The second-order valence-electron chi connectivity index (χ2n) is 5.69. The van der Waals surface area contributed by atoms with Gasteiger partial charge in [0.25, 0.3) is 0 Å². The van der Waals surface area contributed by atoms with E-state index in [1.807, 2.05) is 18.2 Å². The van der Waals surface area contributed by atoms with Gasteiger partial charge in [0, 0.05) is 0 Å². The van der Waals surface area contributed by atoms with Crippen LogP contribution in [0.2, 0.25) is 0 Å². The lowest BCUT2D eigenvalue weighted by atomic mass is 9.92. The van der Waals surface area contributed by atoms with E-state index >= 15 is 0 Å². The van der Waals surface area contributed by atoms with Crippen molar-refractivity contribution in [2.45, 2.75) is 44.2 Å². The predicted octanol–water partition coefficient (Wildman–Crippen LogP) is 2.84. The third-order valence-corrected chi connectivity index (χ3v) is 4.18. The molecule has 128 valence electrons. The molecule has 1 aromatic rings. The van der Waals surface area contributed by atoms with E-state index in [0.29, 0.717) is 18.1 Å². The topological polar surface area (TPSA) is 77.0 Å². The molecule has 2 N–H and O–H groups in total. The second-order valence-corrected chi connectivity index (χ2v) is 5.69. The van der Waals surface area contributed by atoms with Crippen molar-refractivity contribution in [1.82, 2.24) is 5.32 Å². The van der Waals surface area contributed by atoms with Gasteiger partial charge < -0.3 is 24.6 Å². The number of methoxy groups -OCH3 is 2. The van der Waals surface area contributed by atoms with Crippen molar-refractivity contribution in [3.8, 4) is 11.5 Å². The molecular weight excluding hydrogens is 298 g/mol. The molecule has 1 amide bonds. The number of benzene rings is 1. The summed E-state index contributed by atoms with van der Waals surface area (Å²) in [6.07, 6.45) is 3.59. The first-order valence-electron chi connectivity index (χ1n) is 7.96. The van der Waals surface area contributed by atoms with Crippen LogP contribution in [0.3, 0.4) is 0 Å². The first-order valence-corrected chi connectivity index (χ1v) is 7.96. The quantitative estimate of drug-likeness (QED) is 0.807. The van der Waals surface area contributed by atoms with Crippen LogP contribution in [0.5, 0.6) is 11.5 Å². The van der Waals surface area contributed by atoms with Crippen LogP contribution in [-0.4, -0.2) is 44.2 Å². The molecule has 1 saturated carbocycles. The molecule has 1 fully saturated rings. The SMILES string of the molecule is COc1ccc(CCO[C@@H]2CCCC[C@H]2NC(=O)O)cc1OC. The van der Waals surface area contributed by atoms with E-state index in [1.165, 1.54) is 0 Å². The summed E-state index contributed by atoms with van der Waals surface area (Å²) in [5.74, 6) is 1.41. The van der Waals surface area contributed by atoms with Gasteiger partial charge in [0.05, 0.1) is 33.0 Å². The number of ether oxygens (including phenoxy) is 3. The summed E-state index contributed by atoms with van der Waals surface area (Å²) < 4.78 is 16.4. The highest BCUT2D eigenvalue weighted by molar-refractivity contribution is 5.64. The number of hydrogen-bond acceptors (Lipinski definition) is 4. The van der Waals surface area contributed by atoms with Crippen LogP contribution in [0.25, 0.3) is 0 Å². The molecule has 0 saturated heterocycles. The van der Waals surface area contributed by atoms with E-state index in [2.05, 4.69) is 5.32 Å². The standard InChI is InChI=1S/C17H25NO5/c1-21-15-8-7-12(11-16(15)22-2)9-10-23-14-6-4-3-5-13(14)18-17(19)20/h7-8,11,13-14,18H,3-6,9-10H2,1-2H3,(H,19,20)/t13-,14-/m1/s1. The van der Waals surface area contributed by atoms with Gasteiger partial charge in [-0.2, -0.15) is 0 Å². The number of nitrogens with one attached hydrogen (secondary N) is 1. The van der Waals surface area contributed by atoms with Crippen LogP contribution in [-0.2, 0) is 11.2 Å². The summed E-state index contributed by atoms with van der Waals surface area (Å²) >= 11 is 0. The highest BCUT2D eigenvalue weighted by Crippen LogP contribution is 2.28. The maximum absolute atomic E-state index is 10.8. The first-order chi connectivity index (χ1) is 11.1. The fourth-order valence-corrected chi connectivity index (χ4v) is 2.98. The number of amides is 1. The normalized spacial score (nSPS) is 20.8. The lowest BCUT2D eigenvalue weighted by Gasteiger charge is -2.31. The van der Waals surface area contributed by atoms with Crippen molar-refractivity contribution in [2.24, 2.45) is 0 Å². The lowest BCUT2D eigenvalue weighted by Crippen LogP contribution is -2.46. The summed E-state index contributed by atoms with van der Waals surface area (Å²) in [7, 11) is 3.22. The van der Waals surface area contributed by atoms with Crippen molar-refractivity contribution in [1.29, 1.82) is 0 Å². The monoisotopic (exact) mass is 323 g/mol. The Morgan fingerprint density at radius 3 is 2.65 bits per heavy atom. The van der Waals surface area contributed by atoms with E-state index in [0.717, 1.165) is 37.7 Å². The van der Waals surface area contributed by atoms with Crippen LogP contribution in [0.15, 0.2) is 18.2 Å². The van der Waals surface area contributed by atoms with Crippen LogP contribution >= 0.6 is 0 Å². The van der Waals surface area contributed by atoms with Gasteiger partial charge in [0.1, 0.15) is 0 Å². The Morgan fingerprint density at radius 2 is 1.96 bits per heavy atom. The minimum atomic E-state index is -0.981. The third-order valence-electron chi connectivity index (χ3n) is 4.18. The molecule has 1 aliphatic rings. The molecule has 23 heavy (non-hydrogen) atoms. The Labute approximate surface area is 136 Å². The second kappa shape index (κ2) is 8.62. The average Bonchev–Trinajstić information content (AvgIpc) is 2.55. The minimum Gasteiger partial charge on any atom is -0.493 e. The number of rotatable bonds is 7. The maximum atomic E-state index is 10.8. The Hall–Kier alpha value is -1.95. The fourth-order valence-electron chi connectivity index (χ4n) is 2.98. The molecule has 1 aliphatic carbocycles. The molecule has 6 heteroatoms. The van der Waals surface area contributed by atoms with Crippen LogP contribution in [0.4, 0.5) is 4.79 Å². The van der Waals surface area contributed by atoms with Gasteiger partial charge >= 0.3 is 6.09 Å². The van der Waals surface area contributed by atoms with Crippen molar-refractivity contribution in [3.05, 3.63) is 23.8 Å². The Kier molecular flexibility index (Phi) is 6.52. The highest BCUT2D eigenvalue weighted by atomic mass is 16.5. The largest absolute Gasteiger partial charge is 0.493 e. The van der Waals surface area contributed by atoms with Gasteiger partial charge in [-0.25, -0.2) is 4.79 Å². The van der Waals surface area contributed by atoms with E-state index in [1.54, 1.807) is 14.2 Å². The van der Waals surface area contributed by atoms with E-state index < -0.39 is 6.09 Å². The molecule has 0 spiro atoms. The zero-order valence-corrected chi connectivity index (χ0v) is 13.7. The van der Waals surface area contributed by atoms with Gasteiger partial charge in [0.2, 0.25) is 0 Å². The van der Waals surface area contributed by atoms with Gasteiger partial charge in [-0.3, -0.25) is 0 Å². The van der Waals surface area contributed by atoms with Gasteiger partial charge in [0.15, 0.2) is 11.5 Å². The smallest absolute Gasteiger partial charge is 0.404 e. The predicted molar refractivity (Wildman–Crippen MR) is 86.4 cm³/mol. The Balaban J connectivity index is 1.86. The summed E-state index contributed by atoms with van der Waals surface area (Å²) in [6, 6.07) is 5.70. The molecule has 0 heterocycles. The summed E-state index contributed by atoms with van der Waals surface area (Å²) in [4.78, 5) is 10.8. The van der Waals surface area contributed by atoms with Crippen LogP contribution in [0, 0.1) is 0 Å². The zero-order valence-electron chi connectivity index (χ0n) is 13.7. The fraction of sp³-hybridized carbons (Fsp3) is 0.588. The minimum absolute atomic E-state index is 0.0417. The average molecular weight is 323 g/mol. The van der Waals surface area contributed by atoms with Crippen LogP contribution < -0.4 is 14.8 Å². The number of carboxylic acid groups (broad SMARTS) is 1. The molecular formula is C17H25NO5. The first kappa shape index (κ1) is 17.4. The van der Waals surface area contributed by atoms with Crippen molar-refractivity contribution in [2.75, 3.05) is 20.8 Å². The van der Waals surface area contributed by atoms with E-state index in [4.69, 9.17) is 19.3 Å². The lowest BCUT2D eigenvalue weighted by molar-refractivity contribution is 0.00767. The third kappa shape index (κ3) is 5.03. The molecule has 0 aromatic heterocycles. The molecule has 1 aromatic carbocycles. The Bertz CT molecular complexity index is 520. The van der Waals surface area contributed by atoms with E-state index in [-0.39, 0.29) is 12.1 Å². The van der Waals surface area contributed by atoms with Crippen molar-refractivity contribution in [3.63, 3.8) is 0 Å². The molecule has 0 radical (unpaired) electrons. The Morgan fingerprint density at radius 1 is 1.22 bits per heavy atom. The molecule has 6 nitrogen and oxygen atoms in total. The highest BCUT2D eigenvalue weighted by Gasteiger charge is 2.26. The van der Waals surface area contributed by atoms with Gasteiger partial charge in [-0.15, -0.1) is 0 Å². The number of carbonyl (C=O) groups is 1.